The third kappa shape index (κ3) is 3.22. The monoisotopic (exact) mass is 316 g/mol. The molecular weight excluding hydrogens is 300 g/mol. The summed E-state index contributed by atoms with van der Waals surface area (Å²) in [5.74, 6) is 0.750. The number of carbonyl (C=O) groups is 1. The van der Waals surface area contributed by atoms with Crippen LogP contribution in [0.3, 0.4) is 0 Å². The molecule has 22 heavy (non-hydrogen) atoms. The molecule has 0 atom stereocenters. The van der Waals surface area contributed by atoms with Gasteiger partial charge in [0.2, 0.25) is 0 Å². The molecule has 0 N–H and O–H groups in total. The second-order valence-corrected chi connectivity index (χ2v) is 5.71. The minimum atomic E-state index is -0.0589. The fourth-order valence-corrected chi connectivity index (χ4v) is 2.58. The molecule has 5 heteroatoms. The molecule has 3 rings (SSSR count). The van der Waals surface area contributed by atoms with E-state index in [9.17, 15) is 4.79 Å². The largest absolute Gasteiger partial charge is 0.497 e. The van der Waals surface area contributed by atoms with E-state index in [4.69, 9.17) is 16.3 Å². The number of hydrogen-bond acceptors (Lipinski definition) is 3. The van der Waals surface area contributed by atoms with E-state index >= 15 is 0 Å². The third-order valence-electron chi connectivity index (χ3n) is 3.75. The molecule has 4 nitrogen and oxygen atoms in total. The van der Waals surface area contributed by atoms with Crippen molar-refractivity contribution >= 4 is 17.5 Å². The summed E-state index contributed by atoms with van der Waals surface area (Å²) in [6, 6.07) is 11.5. The molecule has 1 aromatic carbocycles. The minimum absolute atomic E-state index is 0.0589. The van der Waals surface area contributed by atoms with Crippen LogP contribution in [0.15, 0.2) is 42.6 Å². The normalized spacial score (nSPS) is 13.7. The Kier molecular flexibility index (Phi) is 4.29. The maximum atomic E-state index is 12.8. The number of benzene rings is 1. The molecule has 1 fully saturated rings. The van der Waals surface area contributed by atoms with E-state index in [-0.39, 0.29) is 11.1 Å². The quantitative estimate of drug-likeness (QED) is 0.792. The van der Waals surface area contributed by atoms with E-state index in [0.29, 0.717) is 18.2 Å². The molecule has 1 aromatic heterocycles. The van der Waals surface area contributed by atoms with Gasteiger partial charge >= 0.3 is 0 Å². The number of aromatic nitrogens is 1. The van der Waals surface area contributed by atoms with E-state index in [1.165, 1.54) is 0 Å². The number of amides is 1. The van der Waals surface area contributed by atoms with Crippen molar-refractivity contribution in [1.82, 2.24) is 9.88 Å². The minimum Gasteiger partial charge on any atom is -0.497 e. The van der Waals surface area contributed by atoms with E-state index in [1.54, 1.807) is 25.4 Å². The van der Waals surface area contributed by atoms with Gasteiger partial charge in [-0.1, -0.05) is 23.7 Å². The highest BCUT2D eigenvalue weighted by molar-refractivity contribution is 6.32. The van der Waals surface area contributed by atoms with Crippen LogP contribution in [0.5, 0.6) is 5.75 Å². The standard InChI is InChI=1S/C17H17ClN2O2/c1-22-14-8-4-12(5-9-14)11-20(13-6-7-13)17(21)15-3-2-10-19-16(15)18/h2-5,8-10,13H,6-7,11H2,1H3. The van der Waals surface area contributed by atoms with Gasteiger partial charge in [0, 0.05) is 18.8 Å². The second kappa shape index (κ2) is 6.36. The van der Waals surface area contributed by atoms with Crippen LogP contribution in [0, 0.1) is 0 Å². The molecule has 1 heterocycles. The summed E-state index contributed by atoms with van der Waals surface area (Å²) in [4.78, 5) is 18.6. The van der Waals surface area contributed by atoms with Crippen LogP contribution in [0.2, 0.25) is 5.15 Å². The first kappa shape index (κ1) is 14.9. The Bertz CT molecular complexity index is 669. The Morgan fingerprint density at radius 1 is 1.32 bits per heavy atom. The smallest absolute Gasteiger partial charge is 0.257 e. The number of carbonyl (C=O) groups excluding carboxylic acids is 1. The van der Waals surface area contributed by atoms with Gasteiger partial charge in [-0.15, -0.1) is 0 Å². The number of pyridine rings is 1. The first-order valence-electron chi connectivity index (χ1n) is 7.23. The summed E-state index contributed by atoms with van der Waals surface area (Å²) in [5, 5.41) is 0.257. The van der Waals surface area contributed by atoms with Gasteiger partial charge in [-0.25, -0.2) is 4.98 Å². The van der Waals surface area contributed by atoms with Gasteiger partial charge in [0.1, 0.15) is 10.9 Å². The van der Waals surface area contributed by atoms with Crippen LogP contribution in [0.1, 0.15) is 28.8 Å². The number of hydrogen-bond donors (Lipinski definition) is 0. The molecule has 2 aromatic rings. The first-order valence-corrected chi connectivity index (χ1v) is 7.61. The van der Waals surface area contributed by atoms with Crippen LogP contribution >= 0.6 is 11.6 Å². The van der Waals surface area contributed by atoms with E-state index in [2.05, 4.69) is 4.98 Å². The van der Waals surface area contributed by atoms with E-state index in [0.717, 1.165) is 24.2 Å². The number of nitrogens with zero attached hydrogens (tertiary/aromatic N) is 2. The van der Waals surface area contributed by atoms with E-state index < -0.39 is 0 Å². The van der Waals surface area contributed by atoms with Gasteiger partial charge in [0.15, 0.2) is 0 Å². The van der Waals surface area contributed by atoms with Crippen molar-refractivity contribution < 1.29 is 9.53 Å². The van der Waals surface area contributed by atoms with Crippen LogP contribution < -0.4 is 4.74 Å². The molecule has 0 unspecified atom stereocenters. The summed E-state index contributed by atoms with van der Waals surface area (Å²) >= 11 is 6.06. The van der Waals surface area contributed by atoms with Crippen molar-refractivity contribution in [3.8, 4) is 5.75 Å². The molecule has 1 amide bonds. The Balaban J connectivity index is 1.80. The Morgan fingerprint density at radius 2 is 2.05 bits per heavy atom. The summed E-state index contributed by atoms with van der Waals surface area (Å²) in [6.45, 7) is 0.568. The zero-order valence-corrected chi connectivity index (χ0v) is 13.1. The molecular formula is C17H17ClN2O2. The van der Waals surface area contributed by atoms with Crippen molar-refractivity contribution in [2.45, 2.75) is 25.4 Å². The summed E-state index contributed by atoms with van der Waals surface area (Å²) in [6.07, 6.45) is 3.67. The lowest BCUT2D eigenvalue weighted by Crippen LogP contribution is -2.32. The lowest BCUT2D eigenvalue weighted by atomic mass is 10.1. The molecule has 0 saturated heterocycles. The predicted octanol–water partition coefficient (Wildman–Crippen LogP) is 3.55. The second-order valence-electron chi connectivity index (χ2n) is 5.35. The summed E-state index contributed by atoms with van der Waals surface area (Å²) < 4.78 is 5.16. The lowest BCUT2D eigenvalue weighted by Gasteiger charge is -2.23. The van der Waals surface area contributed by atoms with Crippen molar-refractivity contribution in [2.24, 2.45) is 0 Å². The highest BCUT2D eigenvalue weighted by atomic mass is 35.5. The molecule has 114 valence electrons. The van der Waals surface area contributed by atoms with Gasteiger partial charge in [-0.2, -0.15) is 0 Å². The molecule has 1 aliphatic rings. The van der Waals surface area contributed by atoms with Crippen molar-refractivity contribution in [3.63, 3.8) is 0 Å². The van der Waals surface area contributed by atoms with Gasteiger partial charge in [0.05, 0.1) is 12.7 Å². The highest BCUT2D eigenvalue weighted by Gasteiger charge is 2.33. The van der Waals surface area contributed by atoms with Gasteiger partial charge in [-0.3, -0.25) is 4.79 Å². The van der Waals surface area contributed by atoms with Crippen LogP contribution in [0.4, 0.5) is 0 Å². The SMILES string of the molecule is COc1ccc(CN(C(=O)c2cccnc2Cl)C2CC2)cc1. The Morgan fingerprint density at radius 3 is 2.64 bits per heavy atom. The summed E-state index contributed by atoms with van der Waals surface area (Å²) in [5.41, 5.74) is 1.53. The first-order chi connectivity index (χ1) is 10.7. The average Bonchev–Trinajstić information content (AvgIpc) is 3.38. The zero-order chi connectivity index (χ0) is 15.5. The fourth-order valence-electron chi connectivity index (χ4n) is 2.38. The molecule has 0 radical (unpaired) electrons. The highest BCUT2D eigenvalue weighted by Crippen LogP contribution is 2.31. The Hall–Kier alpha value is -2.07. The zero-order valence-electron chi connectivity index (χ0n) is 12.3. The van der Waals surface area contributed by atoms with Gasteiger partial charge < -0.3 is 9.64 Å². The molecule has 1 aliphatic carbocycles. The van der Waals surface area contributed by atoms with Gasteiger partial charge in [-0.05, 0) is 42.7 Å². The predicted molar refractivity (Wildman–Crippen MR) is 85.1 cm³/mol. The van der Waals surface area contributed by atoms with Crippen LogP contribution in [0.25, 0.3) is 0 Å². The third-order valence-corrected chi connectivity index (χ3v) is 4.05. The number of rotatable bonds is 5. The molecule has 0 aliphatic heterocycles. The summed E-state index contributed by atoms with van der Waals surface area (Å²) in [7, 11) is 1.64. The fraction of sp³-hybridized carbons (Fsp3) is 0.294. The maximum absolute atomic E-state index is 12.8. The van der Waals surface area contributed by atoms with Crippen LogP contribution in [-0.2, 0) is 6.54 Å². The van der Waals surface area contributed by atoms with E-state index in [1.807, 2.05) is 29.2 Å². The maximum Gasteiger partial charge on any atom is 0.257 e. The number of methoxy groups -OCH3 is 1. The van der Waals surface area contributed by atoms with Crippen molar-refractivity contribution in [3.05, 3.63) is 58.9 Å². The van der Waals surface area contributed by atoms with Gasteiger partial charge in [0.25, 0.3) is 5.91 Å². The molecule has 0 bridgehead atoms. The van der Waals surface area contributed by atoms with Crippen molar-refractivity contribution in [2.75, 3.05) is 7.11 Å². The molecule has 0 spiro atoms. The number of halogens is 1. The topological polar surface area (TPSA) is 42.4 Å². The Labute approximate surface area is 134 Å². The van der Waals surface area contributed by atoms with Crippen molar-refractivity contribution in [1.29, 1.82) is 0 Å². The molecule has 1 saturated carbocycles. The van der Waals surface area contributed by atoms with Crippen LogP contribution in [-0.4, -0.2) is 28.9 Å². The number of ether oxygens (including phenoxy) is 1. The average molecular weight is 317 g/mol. The lowest BCUT2D eigenvalue weighted by molar-refractivity contribution is 0.0729.